The Bertz CT molecular complexity index is 265. The molecule has 0 aromatic carbocycles. The number of nitrogens with one attached hydrogen (secondary N) is 1. The van der Waals surface area contributed by atoms with Gasteiger partial charge in [0, 0.05) is 20.0 Å². The smallest absolute Gasteiger partial charge is 0.222 e. The molecule has 1 fully saturated rings. The fraction of sp³-hybridized carbons (Fsp3) is 0.812. The summed E-state index contributed by atoms with van der Waals surface area (Å²) in [6, 6.07) is 0. The molecule has 4 heteroatoms. The molecule has 0 radical (unpaired) electrons. The Morgan fingerprint density at radius 2 is 2.00 bits per heavy atom. The molecule has 1 amide bonds. The summed E-state index contributed by atoms with van der Waals surface area (Å²) in [4.78, 5) is 13.9. The van der Waals surface area contributed by atoms with Crippen molar-refractivity contribution in [2.24, 2.45) is 5.92 Å². The number of carbonyl (C=O) groups is 1. The minimum Gasteiger partial charge on any atom is -0.346 e. The monoisotopic (exact) mass is 302 g/mol. The van der Waals surface area contributed by atoms with Gasteiger partial charge in [0.05, 0.1) is 0 Å². The van der Waals surface area contributed by atoms with Crippen LogP contribution in [0.5, 0.6) is 0 Å². The summed E-state index contributed by atoms with van der Waals surface area (Å²) in [6.45, 7) is 6.87. The minimum atomic E-state index is 0. The van der Waals surface area contributed by atoms with E-state index in [1.165, 1.54) is 25.7 Å². The summed E-state index contributed by atoms with van der Waals surface area (Å²) in [5, 5.41) is 3.37. The van der Waals surface area contributed by atoms with Crippen LogP contribution in [0.2, 0.25) is 0 Å². The lowest BCUT2D eigenvalue weighted by Crippen LogP contribution is -2.30. The van der Waals surface area contributed by atoms with Crippen LogP contribution in [-0.4, -0.2) is 37.5 Å². The second-order valence-corrected chi connectivity index (χ2v) is 5.69. The van der Waals surface area contributed by atoms with E-state index in [0.717, 1.165) is 51.2 Å². The third-order valence-electron chi connectivity index (χ3n) is 4.05. The Balaban J connectivity index is 0.00000361. The maximum absolute atomic E-state index is 12.0. The van der Waals surface area contributed by atoms with Crippen molar-refractivity contribution in [3.8, 4) is 0 Å². The van der Waals surface area contributed by atoms with E-state index in [4.69, 9.17) is 0 Å². The molecular formula is C16H31ClN2O. The van der Waals surface area contributed by atoms with Crippen LogP contribution in [0.25, 0.3) is 0 Å². The SMILES string of the molecule is C=CCCCCCN(C)C(=O)CCC1CCNCC1.Cl. The second kappa shape index (κ2) is 12.2. The fourth-order valence-corrected chi connectivity index (χ4v) is 2.63. The number of rotatable bonds is 9. The van der Waals surface area contributed by atoms with Crippen molar-refractivity contribution >= 4 is 18.3 Å². The zero-order valence-corrected chi connectivity index (χ0v) is 13.7. The number of piperidine rings is 1. The fourth-order valence-electron chi connectivity index (χ4n) is 2.63. The number of unbranched alkanes of at least 4 members (excludes halogenated alkanes) is 3. The lowest BCUT2D eigenvalue weighted by Gasteiger charge is -2.23. The standard InChI is InChI=1S/C16H30N2O.ClH/c1-3-4-5-6-7-14-18(2)16(19)9-8-15-10-12-17-13-11-15;/h3,15,17H,1,4-14H2,2H3;1H. The molecule has 20 heavy (non-hydrogen) atoms. The Kier molecular flexibility index (Phi) is 11.9. The van der Waals surface area contributed by atoms with E-state index in [1.807, 2.05) is 18.0 Å². The van der Waals surface area contributed by atoms with Gasteiger partial charge in [0.25, 0.3) is 0 Å². The molecular weight excluding hydrogens is 272 g/mol. The van der Waals surface area contributed by atoms with Crippen molar-refractivity contribution in [3.63, 3.8) is 0 Å². The molecule has 0 aromatic heterocycles. The maximum atomic E-state index is 12.0. The van der Waals surface area contributed by atoms with Crippen LogP contribution < -0.4 is 5.32 Å². The van der Waals surface area contributed by atoms with Crippen molar-refractivity contribution in [3.05, 3.63) is 12.7 Å². The number of hydrogen-bond acceptors (Lipinski definition) is 2. The van der Waals surface area contributed by atoms with Gasteiger partial charge in [-0.25, -0.2) is 0 Å². The highest BCUT2D eigenvalue weighted by Gasteiger charge is 2.15. The van der Waals surface area contributed by atoms with E-state index in [1.54, 1.807) is 0 Å². The molecule has 1 aliphatic rings. The molecule has 1 aliphatic heterocycles. The zero-order chi connectivity index (χ0) is 13.9. The lowest BCUT2D eigenvalue weighted by atomic mass is 9.93. The highest BCUT2D eigenvalue weighted by molar-refractivity contribution is 5.85. The van der Waals surface area contributed by atoms with Gasteiger partial charge in [-0.3, -0.25) is 4.79 Å². The molecule has 0 aromatic rings. The van der Waals surface area contributed by atoms with Crippen LogP contribution >= 0.6 is 12.4 Å². The van der Waals surface area contributed by atoms with Crippen LogP contribution in [-0.2, 0) is 4.79 Å². The molecule has 0 unspecified atom stereocenters. The number of nitrogens with zero attached hydrogens (tertiary/aromatic N) is 1. The van der Waals surface area contributed by atoms with Gasteiger partial charge >= 0.3 is 0 Å². The normalized spacial score (nSPS) is 15.4. The molecule has 0 saturated carbocycles. The summed E-state index contributed by atoms with van der Waals surface area (Å²) in [5.74, 6) is 1.08. The highest BCUT2D eigenvalue weighted by atomic mass is 35.5. The van der Waals surface area contributed by atoms with Crippen molar-refractivity contribution in [2.75, 3.05) is 26.7 Å². The summed E-state index contributed by atoms with van der Waals surface area (Å²) >= 11 is 0. The maximum Gasteiger partial charge on any atom is 0.222 e. The van der Waals surface area contributed by atoms with Crippen LogP contribution in [0.1, 0.15) is 51.4 Å². The molecule has 1 N–H and O–H groups in total. The van der Waals surface area contributed by atoms with Crippen molar-refractivity contribution in [1.82, 2.24) is 10.2 Å². The van der Waals surface area contributed by atoms with Gasteiger partial charge in [-0.1, -0.05) is 12.5 Å². The first-order chi connectivity index (χ1) is 9.24. The largest absolute Gasteiger partial charge is 0.346 e. The molecule has 1 saturated heterocycles. The molecule has 0 atom stereocenters. The average Bonchev–Trinajstić information content (AvgIpc) is 2.45. The van der Waals surface area contributed by atoms with Gasteiger partial charge in [-0.15, -0.1) is 19.0 Å². The van der Waals surface area contributed by atoms with Crippen molar-refractivity contribution < 1.29 is 4.79 Å². The summed E-state index contributed by atoms with van der Waals surface area (Å²) in [5.41, 5.74) is 0. The molecule has 118 valence electrons. The van der Waals surface area contributed by atoms with Crippen LogP contribution in [0.3, 0.4) is 0 Å². The molecule has 0 spiro atoms. The number of halogens is 1. The number of hydrogen-bond donors (Lipinski definition) is 1. The first-order valence-electron chi connectivity index (χ1n) is 7.79. The van der Waals surface area contributed by atoms with Gasteiger partial charge in [0.1, 0.15) is 0 Å². The van der Waals surface area contributed by atoms with Gasteiger partial charge < -0.3 is 10.2 Å². The number of amides is 1. The van der Waals surface area contributed by atoms with E-state index in [-0.39, 0.29) is 12.4 Å². The molecule has 1 heterocycles. The summed E-state index contributed by atoms with van der Waals surface area (Å²) < 4.78 is 0. The lowest BCUT2D eigenvalue weighted by molar-refractivity contribution is -0.130. The minimum absolute atomic E-state index is 0. The first kappa shape index (κ1) is 19.5. The van der Waals surface area contributed by atoms with Gasteiger partial charge in [-0.05, 0) is 57.5 Å². The van der Waals surface area contributed by atoms with E-state index in [9.17, 15) is 4.79 Å². The van der Waals surface area contributed by atoms with Crippen molar-refractivity contribution in [2.45, 2.75) is 51.4 Å². The molecule has 0 bridgehead atoms. The third kappa shape index (κ3) is 8.60. The molecule has 0 aliphatic carbocycles. The van der Waals surface area contributed by atoms with Gasteiger partial charge in [-0.2, -0.15) is 0 Å². The summed E-state index contributed by atoms with van der Waals surface area (Å²) in [6.07, 6.45) is 10.8. The van der Waals surface area contributed by atoms with Crippen molar-refractivity contribution in [1.29, 1.82) is 0 Å². The number of allylic oxidation sites excluding steroid dienone is 1. The van der Waals surface area contributed by atoms with Gasteiger partial charge in [0.2, 0.25) is 5.91 Å². The van der Waals surface area contributed by atoms with E-state index < -0.39 is 0 Å². The summed E-state index contributed by atoms with van der Waals surface area (Å²) in [7, 11) is 1.94. The molecule has 3 nitrogen and oxygen atoms in total. The van der Waals surface area contributed by atoms with E-state index in [2.05, 4.69) is 11.9 Å². The highest BCUT2D eigenvalue weighted by Crippen LogP contribution is 2.18. The van der Waals surface area contributed by atoms with Gasteiger partial charge in [0.15, 0.2) is 0 Å². The van der Waals surface area contributed by atoms with Crippen LogP contribution in [0.15, 0.2) is 12.7 Å². The predicted octanol–water partition coefficient (Wildman–Crippen LogP) is 3.39. The van der Waals surface area contributed by atoms with Crippen LogP contribution in [0.4, 0.5) is 0 Å². The Labute approximate surface area is 130 Å². The Morgan fingerprint density at radius 1 is 1.30 bits per heavy atom. The van der Waals surface area contributed by atoms with E-state index in [0.29, 0.717) is 5.91 Å². The Hall–Kier alpha value is -0.540. The predicted molar refractivity (Wildman–Crippen MR) is 88.4 cm³/mol. The topological polar surface area (TPSA) is 32.3 Å². The number of carbonyl (C=O) groups excluding carboxylic acids is 1. The third-order valence-corrected chi connectivity index (χ3v) is 4.05. The Morgan fingerprint density at radius 3 is 2.65 bits per heavy atom. The van der Waals surface area contributed by atoms with Crippen LogP contribution in [0, 0.1) is 5.92 Å². The second-order valence-electron chi connectivity index (χ2n) is 5.69. The quantitative estimate of drug-likeness (QED) is 0.523. The average molecular weight is 303 g/mol. The zero-order valence-electron chi connectivity index (χ0n) is 12.9. The first-order valence-corrected chi connectivity index (χ1v) is 7.79. The molecule has 1 rings (SSSR count). The van der Waals surface area contributed by atoms with E-state index >= 15 is 0 Å².